The molecule has 4 aromatic rings. The van der Waals surface area contributed by atoms with Crippen LogP contribution in [0.5, 0.6) is 0 Å². The van der Waals surface area contributed by atoms with Crippen molar-refractivity contribution >= 4 is 24.0 Å². The molecule has 6 rings (SSSR count). The van der Waals surface area contributed by atoms with Crippen LogP contribution in [0.15, 0.2) is 60.9 Å². The minimum absolute atomic E-state index is 0.124. The molecule has 0 saturated carbocycles. The van der Waals surface area contributed by atoms with Gasteiger partial charge in [0.2, 0.25) is 11.8 Å². The van der Waals surface area contributed by atoms with E-state index in [1.807, 2.05) is 43.0 Å². The normalized spacial score (nSPS) is 18.1. The Hall–Kier alpha value is -5.66. The van der Waals surface area contributed by atoms with Crippen molar-refractivity contribution in [3.63, 3.8) is 0 Å². The van der Waals surface area contributed by atoms with Gasteiger partial charge in [-0.15, -0.1) is 0 Å². The predicted octanol–water partition coefficient (Wildman–Crippen LogP) is 6.42. The van der Waals surface area contributed by atoms with E-state index in [-0.39, 0.29) is 23.9 Å². The second kappa shape index (κ2) is 16.8. The lowest BCUT2D eigenvalue weighted by molar-refractivity contribution is -0.135. The molecular weight excluding hydrogens is 676 g/mol. The summed E-state index contributed by atoms with van der Waals surface area (Å²) in [6.45, 7) is 5.07. The summed E-state index contributed by atoms with van der Waals surface area (Å²) in [6, 6.07) is 14.6. The largest absolute Gasteiger partial charge is 0.465 e. The Labute approximate surface area is 308 Å². The van der Waals surface area contributed by atoms with Gasteiger partial charge in [0.15, 0.2) is 0 Å². The molecule has 2 aromatic heterocycles. The Morgan fingerprint density at radius 1 is 0.736 bits per heavy atom. The number of aromatic amines is 2. The zero-order valence-corrected chi connectivity index (χ0v) is 30.4. The quantitative estimate of drug-likeness (QED) is 0.105. The zero-order chi connectivity index (χ0) is 37.5. The van der Waals surface area contributed by atoms with Gasteiger partial charge in [0.05, 0.1) is 43.0 Å². The lowest BCUT2D eigenvalue weighted by atomic mass is 10.0. The Kier molecular flexibility index (Phi) is 11.8. The molecular formula is C39H48N8O6. The van der Waals surface area contributed by atoms with Crippen molar-refractivity contribution < 1.29 is 29.0 Å². The van der Waals surface area contributed by atoms with Crippen LogP contribution < -0.4 is 10.6 Å². The molecule has 2 aliphatic heterocycles. The third kappa shape index (κ3) is 8.37. The van der Waals surface area contributed by atoms with Gasteiger partial charge in [-0.1, -0.05) is 75.2 Å². The monoisotopic (exact) mass is 724 g/mol. The van der Waals surface area contributed by atoms with Gasteiger partial charge in [0, 0.05) is 13.1 Å². The number of nitrogens with one attached hydrogen (secondary N) is 4. The van der Waals surface area contributed by atoms with E-state index in [4.69, 9.17) is 4.74 Å². The fourth-order valence-corrected chi connectivity index (χ4v) is 7.46. The summed E-state index contributed by atoms with van der Waals surface area (Å²) in [5, 5.41) is 14.3. The third-order valence-corrected chi connectivity index (χ3v) is 10.1. The number of benzene rings is 2. The summed E-state index contributed by atoms with van der Waals surface area (Å²) in [5.41, 5.74) is 5.73. The van der Waals surface area contributed by atoms with Gasteiger partial charge >= 0.3 is 12.2 Å². The van der Waals surface area contributed by atoms with Gasteiger partial charge in [-0.2, -0.15) is 0 Å². The van der Waals surface area contributed by atoms with E-state index < -0.39 is 24.3 Å². The molecule has 14 nitrogen and oxygen atoms in total. The first kappa shape index (κ1) is 37.1. The molecule has 0 aliphatic carbocycles. The molecule has 2 fully saturated rings. The maximum absolute atomic E-state index is 13.5. The van der Waals surface area contributed by atoms with Crippen LogP contribution in [0.3, 0.4) is 0 Å². The second-order valence-corrected chi connectivity index (χ2v) is 13.7. The van der Waals surface area contributed by atoms with Crippen LogP contribution in [0.1, 0.15) is 88.9 Å². The molecule has 2 saturated heterocycles. The molecule has 2 aliphatic rings. The number of alkyl carbamates (subject to hydrolysis) is 1. The number of carboxylic acid groups (broad SMARTS) is 1. The van der Waals surface area contributed by atoms with Crippen LogP contribution in [0.4, 0.5) is 9.59 Å². The van der Waals surface area contributed by atoms with Crippen LogP contribution in [-0.2, 0) is 14.3 Å². The van der Waals surface area contributed by atoms with Crippen molar-refractivity contribution in [2.45, 2.75) is 89.4 Å². The van der Waals surface area contributed by atoms with E-state index >= 15 is 0 Å². The summed E-state index contributed by atoms with van der Waals surface area (Å²) in [7, 11) is 1.29. The lowest BCUT2D eigenvalue weighted by Crippen LogP contribution is -2.48. The average Bonchev–Trinajstić information content (AvgIpc) is 4.00. The van der Waals surface area contributed by atoms with Gasteiger partial charge < -0.3 is 40.2 Å². The second-order valence-electron chi connectivity index (χ2n) is 13.7. The molecule has 53 heavy (non-hydrogen) atoms. The SMILES string of the molecule is CCC[C@H](NC(=O)O)C(=O)N1CCC[C@H]1c1ncc(-c2ccc(-c3ccc(-c4cnc([C@@H]5CCCN5C(=O)[C@H](CCC)NC(=O)OC)[nH]4)cc3)cc2)[nH]1. The molecule has 280 valence electrons. The number of carbonyl (C=O) groups is 4. The summed E-state index contributed by atoms with van der Waals surface area (Å²) in [4.78, 5) is 69.6. The highest BCUT2D eigenvalue weighted by Gasteiger charge is 2.37. The number of rotatable bonds is 13. The first-order valence-corrected chi connectivity index (χ1v) is 18.5. The van der Waals surface area contributed by atoms with E-state index in [9.17, 15) is 24.3 Å². The fourth-order valence-electron chi connectivity index (χ4n) is 7.46. The zero-order valence-electron chi connectivity index (χ0n) is 30.4. The van der Waals surface area contributed by atoms with Crippen molar-refractivity contribution in [2.24, 2.45) is 0 Å². The smallest absolute Gasteiger partial charge is 0.407 e. The number of nitrogens with zero attached hydrogens (tertiary/aromatic N) is 4. The molecule has 4 heterocycles. The molecule has 0 spiro atoms. The topological polar surface area (TPSA) is 186 Å². The summed E-state index contributed by atoms with van der Waals surface area (Å²) < 4.78 is 4.74. The highest BCUT2D eigenvalue weighted by molar-refractivity contribution is 5.87. The van der Waals surface area contributed by atoms with Crippen molar-refractivity contribution in [1.82, 2.24) is 40.4 Å². The lowest BCUT2D eigenvalue weighted by Gasteiger charge is -2.28. The first-order chi connectivity index (χ1) is 25.7. The van der Waals surface area contributed by atoms with Gasteiger partial charge in [0.1, 0.15) is 23.7 Å². The number of hydrogen-bond acceptors (Lipinski definition) is 7. The van der Waals surface area contributed by atoms with E-state index in [1.54, 1.807) is 17.3 Å². The number of methoxy groups -OCH3 is 1. The first-order valence-electron chi connectivity index (χ1n) is 18.5. The number of H-pyrrole nitrogens is 2. The Balaban J connectivity index is 1.10. The van der Waals surface area contributed by atoms with Crippen LogP contribution in [-0.4, -0.2) is 91.1 Å². The Bertz CT molecular complexity index is 1890. The van der Waals surface area contributed by atoms with E-state index in [1.165, 1.54) is 7.11 Å². The van der Waals surface area contributed by atoms with Gasteiger partial charge in [0.25, 0.3) is 0 Å². The van der Waals surface area contributed by atoms with E-state index in [0.29, 0.717) is 38.2 Å². The van der Waals surface area contributed by atoms with Gasteiger partial charge in [-0.05, 0) is 60.8 Å². The number of likely N-dealkylation sites (tertiary alicyclic amines) is 2. The number of amides is 4. The highest BCUT2D eigenvalue weighted by Crippen LogP contribution is 2.35. The highest BCUT2D eigenvalue weighted by atomic mass is 16.5. The Morgan fingerprint density at radius 3 is 1.55 bits per heavy atom. The van der Waals surface area contributed by atoms with Crippen molar-refractivity contribution in [3.05, 3.63) is 72.6 Å². The van der Waals surface area contributed by atoms with Crippen LogP contribution in [0.25, 0.3) is 33.6 Å². The van der Waals surface area contributed by atoms with Crippen LogP contribution >= 0.6 is 0 Å². The average molecular weight is 725 g/mol. The number of ether oxygens (including phenoxy) is 1. The standard InChI is InChI=1S/C39H48N8O6/c1-4-8-28(44-38(50)51)36(48)46-20-6-10-32(46)34-40-22-30(42-34)26-16-12-24(13-17-26)25-14-18-27(19-15-25)31-23-41-35(43-31)33-11-7-21-47(33)37(49)29(9-5-2)45-39(52)53-3/h12-19,22-23,28-29,32-33,44H,4-11,20-21H2,1-3H3,(H,40,42)(H,41,43)(H,45,52)(H,50,51)/t28-,29-,32-,33-/m0/s1. The molecule has 14 heteroatoms. The molecule has 0 radical (unpaired) electrons. The van der Waals surface area contributed by atoms with E-state index in [2.05, 4.69) is 54.8 Å². The maximum atomic E-state index is 13.5. The molecule has 5 N–H and O–H groups in total. The number of hydrogen-bond donors (Lipinski definition) is 5. The summed E-state index contributed by atoms with van der Waals surface area (Å²) >= 11 is 0. The third-order valence-electron chi connectivity index (χ3n) is 10.1. The van der Waals surface area contributed by atoms with Crippen molar-refractivity contribution in [3.8, 4) is 33.6 Å². The fraction of sp³-hybridized carbons (Fsp3) is 0.436. The molecule has 2 aromatic carbocycles. The number of carbonyl (C=O) groups excluding carboxylic acids is 3. The molecule has 0 unspecified atom stereocenters. The van der Waals surface area contributed by atoms with Gasteiger partial charge in [-0.3, -0.25) is 9.59 Å². The van der Waals surface area contributed by atoms with E-state index in [0.717, 1.165) is 71.6 Å². The molecule has 4 atom stereocenters. The minimum atomic E-state index is -1.20. The number of aromatic nitrogens is 4. The Morgan fingerprint density at radius 2 is 1.15 bits per heavy atom. The van der Waals surface area contributed by atoms with Crippen molar-refractivity contribution in [2.75, 3.05) is 20.2 Å². The summed E-state index contributed by atoms with van der Waals surface area (Å²) in [5.74, 6) is 1.09. The van der Waals surface area contributed by atoms with Crippen LogP contribution in [0, 0.1) is 0 Å². The molecule has 4 amide bonds. The summed E-state index contributed by atoms with van der Waals surface area (Å²) in [6.07, 6.45) is 7.39. The minimum Gasteiger partial charge on any atom is -0.465 e. The number of imidazole rings is 2. The maximum Gasteiger partial charge on any atom is 0.407 e. The van der Waals surface area contributed by atoms with Crippen LogP contribution in [0.2, 0.25) is 0 Å². The van der Waals surface area contributed by atoms with Gasteiger partial charge in [-0.25, -0.2) is 19.6 Å². The van der Waals surface area contributed by atoms with Crippen molar-refractivity contribution in [1.29, 1.82) is 0 Å². The predicted molar refractivity (Wildman–Crippen MR) is 199 cm³/mol. The molecule has 0 bridgehead atoms.